The number of nitrogens with zero attached hydrogens (tertiary/aromatic N) is 1. The minimum Gasteiger partial charge on any atom is -0.481 e. The predicted molar refractivity (Wildman–Crippen MR) is 97.2 cm³/mol. The van der Waals surface area contributed by atoms with Gasteiger partial charge in [-0.05, 0) is 43.5 Å². The van der Waals surface area contributed by atoms with Crippen molar-refractivity contribution >= 4 is 23.3 Å². The molecule has 0 bridgehead atoms. The molecule has 0 aliphatic rings. The lowest BCUT2D eigenvalue weighted by Gasteiger charge is -2.19. The van der Waals surface area contributed by atoms with E-state index >= 15 is 0 Å². The number of amides is 1. The first-order valence-electron chi connectivity index (χ1n) is 8.07. The summed E-state index contributed by atoms with van der Waals surface area (Å²) in [5, 5.41) is 22.7. The molecule has 0 saturated carbocycles. The Morgan fingerprint density at radius 3 is 2.38 bits per heavy atom. The maximum Gasteiger partial charge on any atom is 0.313 e. The van der Waals surface area contributed by atoms with E-state index in [2.05, 4.69) is 5.32 Å². The zero-order chi connectivity index (χ0) is 19.3. The number of carboxylic acids is 1. The maximum absolute atomic E-state index is 12.1. The van der Waals surface area contributed by atoms with E-state index in [0.717, 1.165) is 0 Å². The van der Waals surface area contributed by atoms with Gasteiger partial charge in [-0.15, -0.1) is 0 Å². The molecule has 7 heteroatoms. The molecule has 1 amide bonds. The molecule has 2 aromatic carbocycles. The molecule has 0 aromatic heterocycles. The molecule has 0 atom stereocenters. The third-order valence-corrected chi connectivity index (χ3v) is 4.19. The van der Waals surface area contributed by atoms with Crippen LogP contribution in [0.2, 0.25) is 0 Å². The lowest BCUT2D eigenvalue weighted by Crippen LogP contribution is -2.28. The van der Waals surface area contributed by atoms with Gasteiger partial charge in [0.2, 0.25) is 5.91 Å². The summed E-state index contributed by atoms with van der Waals surface area (Å²) >= 11 is 0. The number of carbonyl (C=O) groups is 2. The number of nitro groups is 1. The monoisotopic (exact) mass is 356 g/mol. The largest absolute Gasteiger partial charge is 0.481 e. The highest BCUT2D eigenvalue weighted by Crippen LogP contribution is 2.25. The lowest BCUT2D eigenvalue weighted by atomic mass is 9.85. The summed E-state index contributed by atoms with van der Waals surface area (Å²) in [6.45, 7) is 3.23. The molecule has 0 aliphatic carbocycles. The van der Waals surface area contributed by atoms with Crippen LogP contribution in [0, 0.1) is 10.1 Å². The van der Waals surface area contributed by atoms with Crippen LogP contribution in [-0.4, -0.2) is 21.9 Å². The number of anilines is 1. The third kappa shape index (κ3) is 4.66. The number of aryl methyl sites for hydroxylation is 1. The van der Waals surface area contributed by atoms with Crippen LogP contribution in [0.5, 0.6) is 0 Å². The summed E-state index contributed by atoms with van der Waals surface area (Å²) in [6, 6.07) is 12.8. The average molecular weight is 356 g/mol. The topological polar surface area (TPSA) is 110 Å². The predicted octanol–water partition coefficient (Wildman–Crippen LogP) is 3.53. The van der Waals surface area contributed by atoms with Gasteiger partial charge in [-0.25, -0.2) is 0 Å². The van der Waals surface area contributed by atoms with Gasteiger partial charge in [0, 0.05) is 24.2 Å². The molecule has 2 N–H and O–H groups in total. The van der Waals surface area contributed by atoms with Crippen molar-refractivity contribution in [2.45, 2.75) is 32.1 Å². The molecular weight excluding hydrogens is 336 g/mol. The number of nitro benzene ring substituents is 1. The number of aliphatic carboxylic acids is 1. The Morgan fingerprint density at radius 2 is 1.81 bits per heavy atom. The van der Waals surface area contributed by atoms with Crippen LogP contribution >= 0.6 is 0 Å². The second-order valence-corrected chi connectivity index (χ2v) is 6.48. The highest BCUT2D eigenvalue weighted by Gasteiger charge is 2.29. The minimum absolute atomic E-state index is 0.000424. The summed E-state index contributed by atoms with van der Waals surface area (Å²) in [5.41, 5.74) is 0.913. The van der Waals surface area contributed by atoms with E-state index in [1.807, 2.05) is 0 Å². The molecule has 0 aliphatic heterocycles. The van der Waals surface area contributed by atoms with Gasteiger partial charge >= 0.3 is 5.97 Å². The third-order valence-electron chi connectivity index (χ3n) is 4.19. The van der Waals surface area contributed by atoms with Crippen molar-refractivity contribution in [2.75, 3.05) is 5.32 Å². The van der Waals surface area contributed by atoms with Crippen molar-refractivity contribution in [1.82, 2.24) is 0 Å². The first-order valence-corrected chi connectivity index (χ1v) is 8.07. The van der Waals surface area contributed by atoms with E-state index in [1.54, 1.807) is 50.2 Å². The Morgan fingerprint density at radius 1 is 1.15 bits per heavy atom. The van der Waals surface area contributed by atoms with Crippen molar-refractivity contribution in [2.24, 2.45) is 0 Å². The molecule has 26 heavy (non-hydrogen) atoms. The van der Waals surface area contributed by atoms with Crippen LogP contribution in [0.4, 0.5) is 11.4 Å². The van der Waals surface area contributed by atoms with Crippen molar-refractivity contribution in [3.8, 4) is 0 Å². The van der Waals surface area contributed by atoms with Gasteiger partial charge in [-0.2, -0.15) is 0 Å². The van der Waals surface area contributed by atoms with Crippen LogP contribution in [0.3, 0.4) is 0 Å². The van der Waals surface area contributed by atoms with Crippen molar-refractivity contribution in [1.29, 1.82) is 0 Å². The Labute approximate surface area is 150 Å². The zero-order valence-corrected chi connectivity index (χ0v) is 14.6. The highest BCUT2D eigenvalue weighted by atomic mass is 16.6. The van der Waals surface area contributed by atoms with E-state index < -0.39 is 16.3 Å². The Bertz CT molecular complexity index is 828. The summed E-state index contributed by atoms with van der Waals surface area (Å²) in [6.07, 6.45) is 0.571. The number of hydrogen-bond acceptors (Lipinski definition) is 4. The fourth-order valence-corrected chi connectivity index (χ4v) is 2.40. The van der Waals surface area contributed by atoms with E-state index in [-0.39, 0.29) is 18.0 Å². The molecule has 0 saturated heterocycles. The number of benzene rings is 2. The second-order valence-electron chi connectivity index (χ2n) is 6.48. The minimum atomic E-state index is -1.01. The first-order chi connectivity index (χ1) is 12.2. The Hall–Kier alpha value is -3.22. The van der Waals surface area contributed by atoms with E-state index in [4.69, 9.17) is 0 Å². The number of non-ortho nitro benzene ring substituents is 1. The molecule has 2 aromatic rings. The number of hydrogen-bond donors (Lipinski definition) is 2. The summed E-state index contributed by atoms with van der Waals surface area (Å²) in [5.74, 6) is -1.15. The number of rotatable bonds is 7. The van der Waals surface area contributed by atoms with Gasteiger partial charge in [0.05, 0.1) is 10.3 Å². The Balaban J connectivity index is 1.95. The molecule has 0 heterocycles. The summed E-state index contributed by atoms with van der Waals surface area (Å²) in [4.78, 5) is 33.6. The molecule has 0 spiro atoms. The fourth-order valence-electron chi connectivity index (χ4n) is 2.40. The Kier molecular flexibility index (Phi) is 5.71. The van der Waals surface area contributed by atoms with Crippen LogP contribution in [-0.2, 0) is 21.4 Å². The quantitative estimate of drug-likeness (QED) is 0.582. The van der Waals surface area contributed by atoms with E-state index in [9.17, 15) is 24.8 Å². The van der Waals surface area contributed by atoms with Crippen molar-refractivity contribution in [3.05, 3.63) is 69.8 Å². The van der Waals surface area contributed by atoms with Crippen LogP contribution in [0.25, 0.3) is 0 Å². The standard InChI is InChI=1S/C19H20N2O5/c1-19(2,18(23)24)14-7-9-15(10-8-14)20-17(22)11-6-13-4-3-5-16(12-13)21(25)26/h3-5,7-10,12H,6,11H2,1-2H3,(H,20,22)(H,23,24). The lowest BCUT2D eigenvalue weighted by molar-refractivity contribution is -0.384. The van der Waals surface area contributed by atoms with Crippen molar-refractivity contribution in [3.63, 3.8) is 0 Å². The SMILES string of the molecule is CC(C)(C(=O)O)c1ccc(NC(=O)CCc2cccc([N+](=O)[O-])c2)cc1. The number of carboxylic acid groups (broad SMARTS) is 1. The van der Waals surface area contributed by atoms with Crippen molar-refractivity contribution < 1.29 is 19.6 Å². The van der Waals surface area contributed by atoms with E-state index in [0.29, 0.717) is 23.2 Å². The second kappa shape index (κ2) is 7.77. The molecule has 0 radical (unpaired) electrons. The number of nitrogens with one attached hydrogen (secondary N) is 1. The fraction of sp³-hybridized carbons (Fsp3) is 0.263. The van der Waals surface area contributed by atoms with E-state index in [1.165, 1.54) is 12.1 Å². The maximum atomic E-state index is 12.1. The van der Waals surface area contributed by atoms with Gasteiger partial charge in [-0.3, -0.25) is 19.7 Å². The summed E-state index contributed by atoms with van der Waals surface area (Å²) in [7, 11) is 0. The normalized spacial score (nSPS) is 11.0. The molecule has 136 valence electrons. The van der Waals surface area contributed by atoms with Crippen LogP contribution in [0.15, 0.2) is 48.5 Å². The molecule has 0 fully saturated rings. The van der Waals surface area contributed by atoms with Gasteiger partial charge in [0.1, 0.15) is 0 Å². The van der Waals surface area contributed by atoms with Gasteiger partial charge < -0.3 is 10.4 Å². The van der Waals surface area contributed by atoms with Gasteiger partial charge in [0.25, 0.3) is 5.69 Å². The molecule has 0 unspecified atom stereocenters. The first kappa shape index (κ1) is 19.1. The van der Waals surface area contributed by atoms with Crippen LogP contribution in [0.1, 0.15) is 31.4 Å². The average Bonchev–Trinajstić information content (AvgIpc) is 2.60. The van der Waals surface area contributed by atoms with Gasteiger partial charge in [-0.1, -0.05) is 24.3 Å². The van der Waals surface area contributed by atoms with Crippen LogP contribution < -0.4 is 5.32 Å². The summed E-state index contributed by atoms with van der Waals surface area (Å²) < 4.78 is 0. The molecule has 2 rings (SSSR count). The number of carbonyl (C=O) groups excluding carboxylic acids is 1. The molecular formula is C19H20N2O5. The van der Waals surface area contributed by atoms with Gasteiger partial charge in [0.15, 0.2) is 0 Å². The zero-order valence-electron chi connectivity index (χ0n) is 14.6. The smallest absolute Gasteiger partial charge is 0.313 e. The molecule has 7 nitrogen and oxygen atoms in total. The highest BCUT2D eigenvalue weighted by molar-refractivity contribution is 5.91.